The first-order chi connectivity index (χ1) is 6.18. The molecule has 0 saturated carbocycles. The maximum atomic E-state index is 10.6. The van der Waals surface area contributed by atoms with Crippen LogP contribution < -0.4 is 0 Å². The highest BCUT2D eigenvalue weighted by Gasteiger charge is 2.01. The van der Waals surface area contributed by atoms with E-state index in [4.69, 9.17) is 0 Å². The van der Waals surface area contributed by atoms with Crippen LogP contribution in [0.4, 0.5) is 0 Å². The molecule has 1 aromatic carbocycles. The zero-order valence-electron chi connectivity index (χ0n) is 6.80. The average Bonchev–Trinajstić information content (AvgIpc) is 2.47. The van der Waals surface area contributed by atoms with E-state index in [0.717, 1.165) is 5.52 Å². The molecule has 0 amide bonds. The summed E-state index contributed by atoms with van der Waals surface area (Å²) in [6.45, 7) is 0. The maximum Gasteiger partial charge on any atom is 0.114 e. The van der Waals surface area contributed by atoms with Crippen LogP contribution in [0.2, 0.25) is 0 Å². The minimum Gasteiger partial charge on any atom is -0.768 e. The Bertz CT molecular complexity index is 480. The summed E-state index contributed by atoms with van der Waals surface area (Å²) in [6, 6.07) is 4.70. The van der Waals surface area contributed by atoms with Gasteiger partial charge in [-0.1, -0.05) is 5.21 Å². The fourth-order valence-electron chi connectivity index (χ4n) is 1.12. The molecule has 68 valence electrons. The van der Waals surface area contributed by atoms with Crippen molar-refractivity contribution < 1.29 is 8.76 Å². The minimum absolute atomic E-state index is 0.230. The number of rotatable bonds is 1. The first-order valence-electron chi connectivity index (χ1n) is 3.57. The van der Waals surface area contributed by atoms with Crippen LogP contribution in [0.1, 0.15) is 0 Å². The lowest BCUT2D eigenvalue weighted by molar-refractivity contribution is 0.537. The van der Waals surface area contributed by atoms with E-state index < -0.39 is 11.1 Å². The fraction of sp³-hybridized carbons (Fsp3) is 0.143. The second-order valence-electron chi connectivity index (χ2n) is 2.60. The van der Waals surface area contributed by atoms with E-state index in [1.54, 1.807) is 17.8 Å². The first kappa shape index (κ1) is 8.33. The summed E-state index contributed by atoms with van der Waals surface area (Å²) in [7, 11) is 1.75. The number of hydrogen-bond donors (Lipinski definition) is 0. The Morgan fingerprint density at radius 2 is 2.31 bits per heavy atom. The molecule has 0 aliphatic rings. The van der Waals surface area contributed by atoms with Crippen LogP contribution in [0.3, 0.4) is 0 Å². The van der Waals surface area contributed by atoms with Crippen LogP contribution in [0.25, 0.3) is 11.0 Å². The van der Waals surface area contributed by atoms with Crippen LogP contribution in [0, 0.1) is 0 Å². The fourth-order valence-corrected chi connectivity index (χ4v) is 1.51. The van der Waals surface area contributed by atoms with Crippen molar-refractivity contribution in [1.82, 2.24) is 15.0 Å². The molecule has 0 fully saturated rings. The Balaban J connectivity index is 2.70. The number of nitrogens with zero attached hydrogens (tertiary/aromatic N) is 3. The number of hydrogen-bond acceptors (Lipinski definition) is 4. The van der Waals surface area contributed by atoms with Gasteiger partial charge in [0, 0.05) is 11.9 Å². The van der Waals surface area contributed by atoms with E-state index in [-0.39, 0.29) is 4.90 Å². The third-order valence-electron chi connectivity index (χ3n) is 1.77. The molecule has 6 heteroatoms. The number of aryl methyl sites for hydroxylation is 1. The van der Waals surface area contributed by atoms with E-state index in [1.807, 2.05) is 0 Å². The molecule has 0 aliphatic carbocycles. The zero-order valence-corrected chi connectivity index (χ0v) is 7.61. The second-order valence-corrected chi connectivity index (χ2v) is 3.54. The molecule has 1 heterocycles. The SMILES string of the molecule is Cn1nnc2cc(S(=O)[O-])ccc21. The molecule has 13 heavy (non-hydrogen) atoms. The van der Waals surface area contributed by atoms with Crippen LogP contribution in [0.15, 0.2) is 23.1 Å². The molecule has 0 radical (unpaired) electrons. The van der Waals surface area contributed by atoms with Crippen molar-refractivity contribution in [2.24, 2.45) is 7.05 Å². The van der Waals surface area contributed by atoms with Gasteiger partial charge in [-0.3, -0.25) is 4.21 Å². The van der Waals surface area contributed by atoms with Crippen LogP contribution in [-0.2, 0) is 18.1 Å². The average molecular weight is 196 g/mol. The van der Waals surface area contributed by atoms with Crippen LogP contribution in [-0.4, -0.2) is 23.8 Å². The molecule has 0 bridgehead atoms. The Morgan fingerprint density at radius 1 is 1.54 bits per heavy atom. The van der Waals surface area contributed by atoms with E-state index in [1.165, 1.54) is 12.1 Å². The van der Waals surface area contributed by atoms with Crippen molar-refractivity contribution in [2.75, 3.05) is 0 Å². The molecule has 2 rings (SSSR count). The molecule has 0 spiro atoms. The summed E-state index contributed by atoms with van der Waals surface area (Å²) in [5, 5.41) is 7.56. The predicted molar refractivity (Wildman–Crippen MR) is 45.7 cm³/mol. The molecule has 0 aliphatic heterocycles. The summed E-state index contributed by atoms with van der Waals surface area (Å²) >= 11 is -2.20. The molecular weight excluding hydrogens is 190 g/mol. The van der Waals surface area contributed by atoms with E-state index >= 15 is 0 Å². The first-order valence-corrected chi connectivity index (χ1v) is 4.64. The Hall–Kier alpha value is -1.27. The van der Waals surface area contributed by atoms with Gasteiger partial charge in [0.15, 0.2) is 0 Å². The second kappa shape index (κ2) is 2.90. The van der Waals surface area contributed by atoms with E-state index in [9.17, 15) is 8.76 Å². The molecule has 0 N–H and O–H groups in total. The normalized spacial score (nSPS) is 13.4. The van der Waals surface area contributed by atoms with Gasteiger partial charge in [-0.05, 0) is 29.3 Å². The third kappa shape index (κ3) is 1.34. The highest BCUT2D eigenvalue weighted by Crippen LogP contribution is 2.13. The largest absolute Gasteiger partial charge is 0.768 e. The van der Waals surface area contributed by atoms with Gasteiger partial charge in [-0.2, -0.15) is 0 Å². The van der Waals surface area contributed by atoms with E-state index in [2.05, 4.69) is 10.3 Å². The topological polar surface area (TPSA) is 70.8 Å². The van der Waals surface area contributed by atoms with Gasteiger partial charge >= 0.3 is 0 Å². The van der Waals surface area contributed by atoms with Gasteiger partial charge in [-0.25, -0.2) is 4.68 Å². The van der Waals surface area contributed by atoms with Gasteiger partial charge < -0.3 is 4.55 Å². The van der Waals surface area contributed by atoms with Crippen molar-refractivity contribution in [2.45, 2.75) is 4.90 Å². The highest BCUT2D eigenvalue weighted by atomic mass is 32.2. The smallest absolute Gasteiger partial charge is 0.114 e. The number of aromatic nitrogens is 3. The Kier molecular flexibility index (Phi) is 1.86. The van der Waals surface area contributed by atoms with Crippen molar-refractivity contribution in [3.63, 3.8) is 0 Å². The van der Waals surface area contributed by atoms with Gasteiger partial charge in [0.1, 0.15) is 5.52 Å². The van der Waals surface area contributed by atoms with Gasteiger partial charge in [0.2, 0.25) is 0 Å². The lowest BCUT2D eigenvalue weighted by Gasteiger charge is -2.03. The molecule has 1 aromatic heterocycles. The standard InChI is InChI=1S/C7H7N3O2S/c1-10-7-3-2-5(13(11)12)4-6(7)8-9-10/h2-4H,1H3,(H,11,12)/p-1. The molecule has 5 nitrogen and oxygen atoms in total. The van der Waals surface area contributed by atoms with Gasteiger partial charge in [0.25, 0.3) is 0 Å². The predicted octanol–water partition coefficient (Wildman–Crippen LogP) is 0.206. The number of fused-ring (bicyclic) bond motifs is 1. The lowest BCUT2D eigenvalue weighted by Crippen LogP contribution is -1.90. The summed E-state index contributed by atoms with van der Waals surface area (Å²) in [6.07, 6.45) is 0. The summed E-state index contributed by atoms with van der Waals surface area (Å²) in [5.74, 6) is 0. The highest BCUT2D eigenvalue weighted by molar-refractivity contribution is 7.79. The maximum absolute atomic E-state index is 10.6. The van der Waals surface area contributed by atoms with Crippen LogP contribution in [0.5, 0.6) is 0 Å². The van der Waals surface area contributed by atoms with E-state index in [0.29, 0.717) is 5.52 Å². The van der Waals surface area contributed by atoms with Crippen LogP contribution >= 0.6 is 0 Å². The lowest BCUT2D eigenvalue weighted by atomic mass is 10.3. The molecule has 0 saturated heterocycles. The quantitative estimate of drug-likeness (QED) is 0.611. The third-order valence-corrected chi connectivity index (χ3v) is 2.41. The van der Waals surface area contributed by atoms with Crippen molar-refractivity contribution >= 4 is 22.1 Å². The zero-order chi connectivity index (χ0) is 9.42. The summed E-state index contributed by atoms with van der Waals surface area (Å²) in [4.78, 5) is 0.230. The molecule has 1 unspecified atom stereocenters. The molecule has 1 atom stereocenters. The van der Waals surface area contributed by atoms with Crippen molar-refractivity contribution in [3.8, 4) is 0 Å². The van der Waals surface area contributed by atoms with Crippen molar-refractivity contribution in [3.05, 3.63) is 18.2 Å². The number of benzene rings is 1. The molecular formula is C7H6N3O2S-. The van der Waals surface area contributed by atoms with Crippen molar-refractivity contribution in [1.29, 1.82) is 0 Å². The Morgan fingerprint density at radius 3 is 3.00 bits per heavy atom. The Labute approximate surface area is 76.7 Å². The monoisotopic (exact) mass is 196 g/mol. The summed E-state index contributed by atoms with van der Waals surface area (Å²) < 4.78 is 22.8. The molecule has 2 aromatic rings. The van der Waals surface area contributed by atoms with Gasteiger partial charge in [0.05, 0.1) is 5.52 Å². The van der Waals surface area contributed by atoms with Gasteiger partial charge in [-0.15, -0.1) is 5.10 Å². The summed E-state index contributed by atoms with van der Waals surface area (Å²) in [5.41, 5.74) is 1.40. The minimum atomic E-state index is -2.20.